The first kappa shape index (κ1) is 17.3. The molecule has 0 atom stereocenters. The van der Waals surface area contributed by atoms with Gasteiger partial charge in [0.15, 0.2) is 0 Å². The lowest BCUT2D eigenvalue weighted by atomic mass is 9.87. The molecule has 1 aliphatic carbocycles. The molecule has 0 radical (unpaired) electrons. The smallest absolute Gasteiger partial charge is 0.237 e. The van der Waals surface area contributed by atoms with Gasteiger partial charge in [0.25, 0.3) is 0 Å². The maximum atomic E-state index is 12.2. The number of thioether (sulfide) groups is 1. The summed E-state index contributed by atoms with van der Waals surface area (Å²) in [6.07, 6.45) is 7.49. The van der Waals surface area contributed by atoms with E-state index in [-0.39, 0.29) is 11.8 Å². The number of nitrogens with zero attached hydrogens (tertiary/aromatic N) is 2. The Morgan fingerprint density at radius 3 is 2.96 bits per heavy atom. The molecule has 1 aromatic rings. The van der Waals surface area contributed by atoms with E-state index in [1.807, 2.05) is 12.1 Å². The maximum Gasteiger partial charge on any atom is 0.237 e. The van der Waals surface area contributed by atoms with Crippen LogP contribution in [-0.2, 0) is 9.59 Å². The predicted octanol–water partition coefficient (Wildman–Crippen LogP) is 3.00. The van der Waals surface area contributed by atoms with E-state index in [1.54, 1.807) is 11.1 Å². The Hall–Kier alpha value is -1.56. The topological polar surface area (TPSA) is 62.3 Å². The minimum absolute atomic E-state index is 0.0992. The Balaban J connectivity index is 1.46. The largest absolute Gasteiger partial charge is 0.353 e. The second kappa shape index (κ2) is 8.01. The van der Waals surface area contributed by atoms with Crippen LogP contribution in [0.25, 0.3) is 0 Å². The van der Waals surface area contributed by atoms with Crippen LogP contribution in [0.2, 0.25) is 0 Å². The molecule has 0 spiro atoms. The van der Waals surface area contributed by atoms with Gasteiger partial charge >= 0.3 is 0 Å². The van der Waals surface area contributed by atoms with Crippen LogP contribution in [-0.4, -0.2) is 35.1 Å². The molecule has 3 rings (SSSR count). The summed E-state index contributed by atoms with van der Waals surface area (Å²) in [5, 5.41) is 4.05. The van der Waals surface area contributed by atoms with Crippen molar-refractivity contribution in [2.24, 2.45) is 5.92 Å². The molecule has 2 aliphatic rings. The molecule has 5 nitrogen and oxygen atoms in total. The fraction of sp³-hybridized carbons (Fsp3) is 0.611. The number of amides is 2. The number of nitrogens with one attached hydrogen (secondary N) is 1. The number of carbonyl (C=O) groups excluding carboxylic acids is 2. The van der Waals surface area contributed by atoms with Gasteiger partial charge in [0.05, 0.1) is 11.4 Å². The maximum absolute atomic E-state index is 12.2. The molecule has 1 saturated carbocycles. The number of fused-ring (bicyclic) bond motifs is 1. The summed E-state index contributed by atoms with van der Waals surface area (Å²) >= 11 is 1.48. The summed E-state index contributed by atoms with van der Waals surface area (Å²) in [6, 6.07) is 4.11. The van der Waals surface area contributed by atoms with E-state index in [9.17, 15) is 9.59 Å². The summed E-state index contributed by atoms with van der Waals surface area (Å²) < 4.78 is 0. The number of hydrogen-bond donors (Lipinski definition) is 1. The minimum atomic E-state index is 0.0992. The SMILES string of the molecule is CC1CCC(NC(=O)CCCN2C(=O)CSc3ncccc32)CC1. The standard InChI is InChI=1S/C18H25N3O2S/c1-13-6-8-14(9-7-13)20-16(22)5-3-11-21-15-4-2-10-19-18(15)24-12-17(21)23/h2,4,10,13-14H,3,5-9,11-12H2,1H3,(H,20,22). The Bertz CT molecular complexity index is 600. The van der Waals surface area contributed by atoms with Crippen molar-refractivity contribution in [3.63, 3.8) is 0 Å². The molecular formula is C18H25N3O2S. The van der Waals surface area contributed by atoms with Gasteiger partial charge in [-0.25, -0.2) is 4.98 Å². The van der Waals surface area contributed by atoms with Gasteiger partial charge in [-0.1, -0.05) is 18.7 Å². The highest BCUT2D eigenvalue weighted by Gasteiger charge is 2.25. The van der Waals surface area contributed by atoms with Gasteiger partial charge in [-0.05, 0) is 50.2 Å². The van der Waals surface area contributed by atoms with Crippen molar-refractivity contribution >= 4 is 29.3 Å². The lowest BCUT2D eigenvalue weighted by molar-refractivity contribution is -0.122. The average molecular weight is 347 g/mol. The summed E-state index contributed by atoms with van der Waals surface area (Å²) in [7, 11) is 0. The van der Waals surface area contributed by atoms with Crippen molar-refractivity contribution in [2.75, 3.05) is 17.2 Å². The van der Waals surface area contributed by atoms with Crippen LogP contribution >= 0.6 is 11.8 Å². The molecule has 0 bridgehead atoms. The van der Waals surface area contributed by atoms with Crippen LogP contribution in [0, 0.1) is 5.92 Å². The number of pyridine rings is 1. The predicted molar refractivity (Wildman–Crippen MR) is 96.1 cm³/mol. The van der Waals surface area contributed by atoms with E-state index in [0.717, 1.165) is 29.5 Å². The van der Waals surface area contributed by atoms with Crippen LogP contribution in [0.4, 0.5) is 5.69 Å². The third kappa shape index (κ3) is 4.29. The van der Waals surface area contributed by atoms with Gasteiger partial charge in [0, 0.05) is 25.2 Å². The average Bonchev–Trinajstić information content (AvgIpc) is 2.59. The van der Waals surface area contributed by atoms with E-state index in [0.29, 0.717) is 31.2 Å². The van der Waals surface area contributed by atoms with Gasteiger partial charge in [0.2, 0.25) is 11.8 Å². The van der Waals surface area contributed by atoms with Gasteiger partial charge in [0.1, 0.15) is 5.03 Å². The first-order valence-corrected chi connectivity index (χ1v) is 9.79. The zero-order chi connectivity index (χ0) is 16.9. The van der Waals surface area contributed by atoms with Crippen molar-refractivity contribution in [1.82, 2.24) is 10.3 Å². The number of anilines is 1. The first-order chi connectivity index (χ1) is 11.6. The normalized spacial score (nSPS) is 23.7. The van der Waals surface area contributed by atoms with Crippen molar-refractivity contribution in [3.05, 3.63) is 18.3 Å². The van der Waals surface area contributed by atoms with E-state index < -0.39 is 0 Å². The Morgan fingerprint density at radius 1 is 1.38 bits per heavy atom. The first-order valence-electron chi connectivity index (χ1n) is 8.81. The summed E-state index contributed by atoms with van der Waals surface area (Å²) in [4.78, 5) is 30.4. The Labute approximate surface area is 147 Å². The number of hydrogen-bond acceptors (Lipinski definition) is 4. The fourth-order valence-corrected chi connectivity index (χ4v) is 4.27. The quantitative estimate of drug-likeness (QED) is 0.889. The monoisotopic (exact) mass is 347 g/mol. The molecule has 24 heavy (non-hydrogen) atoms. The highest BCUT2D eigenvalue weighted by Crippen LogP contribution is 2.33. The molecule has 1 aliphatic heterocycles. The molecule has 130 valence electrons. The number of rotatable bonds is 5. The van der Waals surface area contributed by atoms with Crippen LogP contribution < -0.4 is 10.2 Å². The zero-order valence-corrected chi connectivity index (χ0v) is 15.0. The van der Waals surface area contributed by atoms with Crippen LogP contribution in [0.1, 0.15) is 45.4 Å². The van der Waals surface area contributed by atoms with Crippen LogP contribution in [0.15, 0.2) is 23.4 Å². The molecule has 1 fully saturated rings. The highest BCUT2D eigenvalue weighted by molar-refractivity contribution is 8.00. The van der Waals surface area contributed by atoms with Crippen molar-refractivity contribution in [2.45, 2.75) is 56.5 Å². The molecule has 6 heteroatoms. The Kier molecular flexibility index (Phi) is 5.76. The molecular weight excluding hydrogens is 322 g/mol. The van der Waals surface area contributed by atoms with Gasteiger partial charge in [-0.15, -0.1) is 0 Å². The molecule has 2 amide bonds. The molecule has 1 aromatic heterocycles. The lowest BCUT2D eigenvalue weighted by Crippen LogP contribution is -2.39. The van der Waals surface area contributed by atoms with E-state index in [2.05, 4.69) is 17.2 Å². The molecule has 1 N–H and O–H groups in total. The van der Waals surface area contributed by atoms with Gasteiger partial charge in [-0.3, -0.25) is 9.59 Å². The third-order valence-corrected chi connectivity index (χ3v) is 5.82. The Morgan fingerprint density at radius 2 is 2.17 bits per heavy atom. The van der Waals surface area contributed by atoms with E-state index in [1.165, 1.54) is 24.6 Å². The number of carbonyl (C=O) groups is 2. The summed E-state index contributed by atoms with van der Waals surface area (Å²) in [6.45, 7) is 2.85. The minimum Gasteiger partial charge on any atom is -0.353 e. The number of aromatic nitrogens is 1. The molecule has 0 saturated heterocycles. The van der Waals surface area contributed by atoms with E-state index >= 15 is 0 Å². The van der Waals surface area contributed by atoms with Crippen molar-refractivity contribution in [1.29, 1.82) is 0 Å². The molecule has 2 heterocycles. The fourth-order valence-electron chi connectivity index (χ4n) is 3.39. The van der Waals surface area contributed by atoms with Gasteiger partial charge in [-0.2, -0.15) is 0 Å². The highest BCUT2D eigenvalue weighted by atomic mass is 32.2. The summed E-state index contributed by atoms with van der Waals surface area (Å²) in [5.41, 5.74) is 0.875. The van der Waals surface area contributed by atoms with E-state index in [4.69, 9.17) is 0 Å². The zero-order valence-electron chi connectivity index (χ0n) is 14.2. The van der Waals surface area contributed by atoms with Gasteiger partial charge < -0.3 is 10.2 Å². The van der Waals surface area contributed by atoms with Crippen molar-refractivity contribution < 1.29 is 9.59 Å². The third-order valence-electron chi connectivity index (χ3n) is 4.84. The lowest BCUT2D eigenvalue weighted by Gasteiger charge is -2.28. The molecule has 0 aromatic carbocycles. The second-order valence-electron chi connectivity index (χ2n) is 6.79. The van der Waals surface area contributed by atoms with Crippen LogP contribution in [0.5, 0.6) is 0 Å². The van der Waals surface area contributed by atoms with Crippen molar-refractivity contribution in [3.8, 4) is 0 Å². The molecule has 0 unspecified atom stereocenters. The summed E-state index contributed by atoms with van der Waals surface area (Å²) in [5.74, 6) is 1.42. The second-order valence-corrected chi connectivity index (χ2v) is 7.75. The van der Waals surface area contributed by atoms with Crippen LogP contribution in [0.3, 0.4) is 0 Å².